The Balaban J connectivity index is 1.35. The molecule has 0 saturated carbocycles. The van der Waals surface area contributed by atoms with Crippen molar-refractivity contribution in [3.8, 4) is 11.1 Å². The van der Waals surface area contributed by atoms with Crippen molar-refractivity contribution in [1.82, 2.24) is 14.5 Å². The van der Waals surface area contributed by atoms with Gasteiger partial charge in [0.15, 0.2) is 5.13 Å². The Labute approximate surface area is 203 Å². The number of thiazole rings is 1. The summed E-state index contributed by atoms with van der Waals surface area (Å²) in [5.41, 5.74) is 5.45. The molecule has 2 heterocycles. The molecule has 5 aromatic rings. The van der Waals surface area contributed by atoms with Gasteiger partial charge in [0.05, 0.1) is 23.0 Å². The third kappa shape index (κ3) is 5.07. The Morgan fingerprint density at radius 3 is 2.56 bits per heavy atom. The van der Waals surface area contributed by atoms with Crippen LogP contribution < -0.4 is 4.90 Å². The molecule has 3 aromatic carbocycles. The number of aryl methyl sites for hydroxylation is 2. The zero-order valence-electron chi connectivity index (χ0n) is 19.1. The minimum absolute atomic E-state index is 0.0638. The van der Waals surface area contributed by atoms with Crippen LogP contribution in [0, 0.1) is 6.92 Å². The summed E-state index contributed by atoms with van der Waals surface area (Å²) in [7, 11) is 0. The number of benzene rings is 3. The van der Waals surface area contributed by atoms with Gasteiger partial charge in [0.1, 0.15) is 0 Å². The van der Waals surface area contributed by atoms with E-state index in [1.165, 1.54) is 11.1 Å². The lowest BCUT2D eigenvalue weighted by atomic mass is 10.0. The fraction of sp³-hybridized carbons (Fsp3) is 0.179. The number of anilines is 1. The third-order valence-corrected chi connectivity index (χ3v) is 6.88. The van der Waals surface area contributed by atoms with Gasteiger partial charge < -0.3 is 4.57 Å². The van der Waals surface area contributed by atoms with E-state index in [0.717, 1.165) is 39.4 Å². The Hall–Kier alpha value is -3.77. The number of rotatable bonds is 8. The maximum absolute atomic E-state index is 13.5. The highest BCUT2D eigenvalue weighted by atomic mass is 32.1. The summed E-state index contributed by atoms with van der Waals surface area (Å²) in [4.78, 5) is 24.2. The van der Waals surface area contributed by atoms with Crippen molar-refractivity contribution in [2.45, 2.75) is 26.3 Å². The van der Waals surface area contributed by atoms with Crippen LogP contribution in [0.25, 0.3) is 21.3 Å². The fourth-order valence-electron chi connectivity index (χ4n) is 4.01. The van der Waals surface area contributed by atoms with Crippen LogP contribution in [0.15, 0.2) is 91.5 Å². The van der Waals surface area contributed by atoms with Gasteiger partial charge in [0.25, 0.3) is 0 Å². The van der Waals surface area contributed by atoms with Crippen molar-refractivity contribution < 1.29 is 4.79 Å². The van der Waals surface area contributed by atoms with Gasteiger partial charge in [-0.15, -0.1) is 0 Å². The van der Waals surface area contributed by atoms with Crippen LogP contribution in [0.3, 0.4) is 0 Å². The quantitative estimate of drug-likeness (QED) is 0.276. The van der Waals surface area contributed by atoms with Gasteiger partial charge in [-0.1, -0.05) is 72.0 Å². The Morgan fingerprint density at radius 2 is 1.79 bits per heavy atom. The lowest BCUT2D eigenvalue weighted by Crippen LogP contribution is -2.33. The maximum atomic E-state index is 13.5. The van der Waals surface area contributed by atoms with Crippen LogP contribution in [0.1, 0.15) is 17.5 Å². The maximum Gasteiger partial charge on any atom is 0.233 e. The minimum Gasteiger partial charge on any atom is -0.337 e. The molecule has 0 aliphatic carbocycles. The van der Waals surface area contributed by atoms with Crippen LogP contribution in [0.4, 0.5) is 5.13 Å². The third-order valence-electron chi connectivity index (χ3n) is 5.84. The lowest BCUT2D eigenvalue weighted by Gasteiger charge is -2.20. The average molecular weight is 467 g/mol. The van der Waals surface area contributed by atoms with Gasteiger partial charge >= 0.3 is 0 Å². The zero-order valence-corrected chi connectivity index (χ0v) is 19.9. The van der Waals surface area contributed by atoms with E-state index >= 15 is 0 Å². The van der Waals surface area contributed by atoms with Crippen LogP contribution in [0.5, 0.6) is 0 Å². The monoisotopic (exact) mass is 466 g/mol. The van der Waals surface area contributed by atoms with Crippen molar-refractivity contribution in [3.05, 3.63) is 103 Å². The summed E-state index contributed by atoms with van der Waals surface area (Å²) in [5.74, 6) is 0.0638. The molecule has 2 aromatic heterocycles. The summed E-state index contributed by atoms with van der Waals surface area (Å²) in [6.07, 6.45) is 6.69. The summed E-state index contributed by atoms with van der Waals surface area (Å²) in [6, 6.07) is 24.8. The normalized spacial score (nSPS) is 11.1. The topological polar surface area (TPSA) is 51.0 Å². The Bertz CT molecular complexity index is 1380. The second-order valence-electron chi connectivity index (χ2n) is 8.41. The molecule has 0 atom stereocenters. The Kier molecular flexibility index (Phi) is 6.49. The van der Waals surface area contributed by atoms with Gasteiger partial charge in [-0.3, -0.25) is 9.69 Å². The van der Waals surface area contributed by atoms with E-state index in [0.29, 0.717) is 13.0 Å². The number of imidazole rings is 1. The molecular formula is C28H26N4OS. The molecule has 34 heavy (non-hydrogen) atoms. The fourth-order valence-corrected chi connectivity index (χ4v) is 5.12. The first-order valence-corrected chi connectivity index (χ1v) is 12.2. The smallest absolute Gasteiger partial charge is 0.233 e. The number of nitrogens with zero attached hydrogens (tertiary/aromatic N) is 4. The van der Waals surface area contributed by atoms with E-state index in [1.807, 2.05) is 52.1 Å². The molecule has 170 valence electrons. The molecule has 0 fully saturated rings. The second kappa shape index (κ2) is 10.0. The average Bonchev–Trinajstić information content (AvgIpc) is 3.52. The first-order valence-electron chi connectivity index (χ1n) is 11.4. The first kappa shape index (κ1) is 22.0. The zero-order chi connectivity index (χ0) is 23.3. The number of carbonyl (C=O) groups is 1. The van der Waals surface area contributed by atoms with Crippen molar-refractivity contribution in [3.63, 3.8) is 0 Å². The number of aromatic nitrogens is 3. The molecule has 0 unspecified atom stereocenters. The van der Waals surface area contributed by atoms with Crippen molar-refractivity contribution >= 4 is 32.6 Å². The van der Waals surface area contributed by atoms with Crippen molar-refractivity contribution in [2.24, 2.45) is 0 Å². The van der Waals surface area contributed by atoms with E-state index in [1.54, 1.807) is 23.9 Å². The van der Waals surface area contributed by atoms with E-state index in [9.17, 15) is 4.79 Å². The summed E-state index contributed by atoms with van der Waals surface area (Å²) in [5, 5.41) is 0.761. The van der Waals surface area contributed by atoms with Gasteiger partial charge in [-0.2, -0.15) is 0 Å². The first-order chi connectivity index (χ1) is 16.7. The van der Waals surface area contributed by atoms with Crippen molar-refractivity contribution in [1.29, 1.82) is 0 Å². The SMILES string of the molecule is Cc1ccc2nc(N(CCCn3ccnc3)C(=O)Cc3ccc(-c4ccccc4)cc3)sc2c1. The highest BCUT2D eigenvalue weighted by Crippen LogP contribution is 2.30. The van der Waals surface area contributed by atoms with Crippen LogP contribution in [0.2, 0.25) is 0 Å². The minimum atomic E-state index is 0.0638. The molecule has 0 saturated heterocycles. The van der Waals surface area contributed by atoms with E-state index in [4.69, 9.17) is 4.98 Å². The molecule has 0 aliphatic rings. The van der Waals surface area contributed by atoms with Crippen molar-refractivity contribution in [2.75, 3.05) is 11.4 Å². The van der Waals surface area contributed by atoms with E-state index < -0.39 is 0 Å². The van der Waals surface area contributed by atoms with Gasteiger partial charge in [-0.25, -0.2) is 9.97 Å². The van der Waals surface area contributed by atoms with Crippen LogP contribution >= 0.6 is 11.3 Å². The van der Waals surface area contributed by atoms with E-state index in [-0.39, 0.29) is 5.91 Å². The Morgan fingerprint density at radius 1 is 1.00 bits per heavy atom. The number of carbonyl (C=O) groups excluding carboxylic acids is 1. The van der Waals surface area contributed by atoms with E-state index in [2.05, 4.69) is 48.3 Å². The number of fused-ring (bicyclic) bond motifs is 1. The van der Waals surface area contributed by atoms with Gasteiger partial charge in [-0.05, 0) is 47.7 Å². The molecule has 5 rings (SSSR count). The summed E-state index contributed by atoms with van der Waals surface area (Å²) >= 11 is 1.58. The number of hydrogen-bond donors (Lipinski definition) is 0. The molecule has 1 amide bonds. The second-order valence-corrected chi connectivity index (χ2v) is 9.42. The summed E-state index contributed by atoms with van der Waals surface area (Å²) < 4.78 is 3.14. The molecule has 0 N–H and O–H groups in total. The molecule has 0 bridgehead atoms. The van der Waals surface area contributed by atoms with Crippen LogP contribution in [-0.4, -0.2) is 27.0 Å². The van der Waals surface area contributed by atoms with Gasteiger partial charge in [0, 0.05) is 25.5 Å². The molecule has 6 heteroatoms. The van der Waals surface area contributed by atoms with Crippen LogP contribution in [-0.2, 0) is 17.8 Å². The number of hydrogen-bond acceptors (Lipinski definition) is 4. The molecular weight excluding hydrogens is 440 g/mol. The highest BCUT2D eigenvalue weighted by molar-refractivity contribution is 7.22. The number of amides is 1. The molecule has 0 aliphatic heterocycles. The standard InChI is InChI=1S/C28H26N4OS/c1-21-8-13-25-26(18-21)34-28(30-25)32(16-5-15-31-17-14-29-20-31)27(33)19-22-9-11-24(12-10-22)23-6-3-2-4-7-23/h2-4,6-14,17-18,20H,5,15-16,19H2,1H3. The summed E-state index contributed by atoms with van der Waals surface area (Å²) in [6.45, 7) is 3.49. The molecule has 0 spiro atoms. The molecule has 0 radical (unpaired) electrons. The lowest BCUT2D eigenvalue weighted by molar-refractivity contribution is -0.118. The highest BCUT2D eigenvalue weighted by Gasteiger charge is 2.20. The predicted octanol–water partition coefficient (Wildman–Crippen LogP) is 6.13. The van der Waals surface area contributed by atoms with Gasteiger partial charge in [0.2, 0.25) is 5.91 Å². The largest absolute Gasteiger partial charge is 0.337 e. The molecule has 5 nitrogen and oxygen atoms in total. The predicted molar refractivity (Wildman–Crippen MR) is 139 cm³/mol.